The molecule has 0 aromatic carbocycles. The Morgan fingerprint density at radius 2 is 1.85 bits per heavy atom. The van der Waals surface area contributed by atoms with Gasteiger partial charge in [-0.25, -0.2) is 8.98 Å². The molecule has 0 aromatic heterocycles. The summed E-state index contributed by atoms with van der Waals surface area (Å²) in [6.45, 7) is 4.42. The number of hydroxylamine groups is 2. The van der Waals surface area contributed by atoms with Crippen LogP contribution in [0.15, 0.2) is 0 Å². The molecule has 34 heavy (non-hydrogen) atoms. The SMILES string of the molecule is COCCOC(=O)C(C)(C)COS(=O)(=O)ON1C(=O)N2C[C@H]1CC[C@H]2C(=O)NC1CCNCC1. The number of hydrogen-bond donors (Lipinski definition) is 2. The Bertz CT molecular complexity index is 860. The van der Waals surface area contributed by atoms with E-state index in [4.69, 9.17) is 17.9 Å². The molecule has 2 N–H and O–H groups in total. The summed E-state index contributed by atoms with van der Waals surface area (Å²) in [4.78, 5) is 39.1. The van der Waals surface area contributed by atoms with Crippen LogP contribution in [0.1, 0.15) is 39.5 Å². The Balaban J connectivity index is 1.54. The quantitative estimate of drug-likeness (QED) is 0.278. The lowest BCUT2D eigenvalue weighted by Crippen LogP contribution is -2.53. The van der Waals surface area contributed by atoms with Gasteiger partial charge in [-0.1, -0.05) is 0 Å². The average molecular weight is 507 g/mol. The van der Waals surface area contributed by atoms with E-state index in [2.05, 4.69) is 10.6 Å². The second-order valence-electron chi connectivity index (χ2n) is 9.30. The van der Waals surface area contributed by atoms with Gasteiger partial charge in [0.1, 0.15) is 12.6 Å². The zero-order valence-electron chi connectivity index (χ0n) is 19.8. The molecule has 3 fully saturated rings. The van der Waals surface area contributed by atoms with Gasteiger partial charge in [0, 0.05) is 19.7 Å². The largest absolute Gasteiger partial charge is 0.463 e. The lowest BCUT2D eigenvalue weighted by molar-refractivity contribution is -0.157. The summed E-state index contributed by atoms with van der Waals surface area (Å²) in [5, 5.41) is 6.97. The Kier molecular flexibility index (Phi) is 8.73. The van der Waals surface area contributed by atoms with Gasteiger partial charge in [-0.3, -0.25) is 9.59 Å². The lowest BCUT2D eigenvalue weighted by Gasteiger charge is -2.32. The molecule has 0 spiro atoms. The van der Waals surface area contributed by atoms with E-state index >= 15 is 0 Å². The highest BCUT2D eigenvalue weighted by Gasteiger charge is 2.50. The number of nitrogens with one attached hydrogen (secondary N) is 2. The Morgan fingerprint density at radius 1 is 1.15 bits per heavy atom. The van der Waals surface area contributed by atoms with Crippen molar-refractivity contribution in [1.29, 1.82) is 0 Å². The monoisotopic (exact) mass is 506 g/mol. The minimum atomic E-state index is -4.65. The van der Waals surface area contributed by atoms with Crippen LogP contribution in [0.25, 0.3) is 0 Å². The van der Waals surface area contributed by atoms with Crippen LogP contribution < -0.4 is 10.6 Å². The van der Waals surface area contributed by atoms with Gasteiger partial charge in [0.15, 0.2) is 0 Å². The first-order valence-electron chi connectivity index (χ1n) is 11.4. The average Bonchev–Trinajstić information content (AvgIpc) is 3.03. The maximum atomic E-state index is 12.9. The highest BCUT2D eigenvalue weighted by molar-refractivity contribution is 7.81. The van der Waals surface area contributed by atoms with E-state index in [0.717, 1.165) is 31.0 Å². The van der Waals surface area contributed by atoms with Crippen LogP contribution >= 0.6 is 0 Å². The third-order valence-corrected chi connectivity index (χ3v) is 6.87. The van der Waals surface area contributed by atoms with Gasteiger partial charge in [-0.2, -0.15) is 13.5 Å². The van der Waals surface area contributed by atoms with Gasteiger partial charge in [-0.05, 0) is 52.6 Å². The summed E-state index contributed by atoms with van der Waals surface area (Å²) >= 11 is 0. The molecule has 3 aliphatic heterocycles. The summed E-state index contributed by atoms with van der Waals surface area (Å²) < 4.78 is 44.5. The third kappa shape index (κ3) is 6.56. The van der Waals surface area contributed by atoms with Crippen molar-refractivity contribution < 1.29 is 40.7 Å². The highest BCUT2D eigenvalue weighted by Crippen LogP contribution is 2.31. The number of piperidine rings is 2. The number of carbonyl (C=O) groups is 3. The fourth-order valence-electron chi connectivity index (χ4n) is 4.08. The van der Waals surface area contributed by atoms with Crippen LogP contribution in [0, 0.1) is 5.41 Å². The molecule has 2 atom stereocenters. The van der Waals surface area contributed by atoms with Gasteiger partial charge in [-0.15, -0.1) is 4.28 Å². The van der Waals surface area contributed by atoms with Crippen LogP contribution in [0.4, 0.5) is 4.79 Å². The van der Waals surface area contributed by atoms with E-state index in [1.807, 2.05) is 0 Å². The molecule has 3 saturated heterocycles. The Labute approximate surface area is 199 Å². The fraction of sp³-hybridized carbons (Fsp3) is 0.850. The molecule has 3 rings (SSSR count). The molecule has 0 radical (unpaired) electrons. The van der Waals surface area contributed by atoms with Crippen molar-refractivity contribution in [3.63, 3.8) is 0 Å². The van der Waals surface area contributed by atoms with E-state index in [1.54, 1.807) is 0 Å². The molecule has 0 aliphatic carbocycles. The molecule has 194 valence electrons. The summed E-state index contributed by atoms with van der Waals surface area (Å²) in [6, 6.07) is -1.87. The minimum Gasteiger partial charge on any atom is -0.463 e. The number of hydrogen-bond acceptors (Lipinski definition) is 10. The van der Waals surface area contributed by atoms with E-state index < -0.39 is 46.5 Å². The second kappa shape index (κ2) is 11.2. The number of amides is 3. The van der Waals surface area contributed by atoms with Gasteiger partial charge in [0.25, 0.3) is 0 Å². The predicted molar refractivity (Wildman–Crippen MR) is 117 cm³/mol. The van der Waals surface area contributed by atoms with E-state index in [0.29, 0.717) is 12.8 Å². The van der Waals surface area contributed by atoms with Crippen molar-refractivity contribution in [3.05, 3.63) is 0 Å². The third-order valence-electron chi connectivity index (χ3n) is 6.12. The van der Waals surface area contributed by atoms with Gasteiger partial charge in [0.05, 0.1) is 24.7 Å². The van der Waals surface area contributed by atoms with Crippen molar-refractivity contribution in [2.45, 2.75) is 57.7 Å². The molecule has 3 aliphatic rings. The zero-order valence-corrected chi connectivity index (χ0v) is 20.6. The molecule has 3 heterocycles. The van der Waals surface area contributed by atoms with E-state index in [-0.39, 0.29) is 31.7 Å². The first kappa shape index (κ1) is 26.6. The van der Waals surface area contributed by atoms with Crippen LogP contribution in [0.2, 0.25) is 0 Å². The van der Waals surface area contributed by atoms with E-state index in [1.165, 1.54) is 25.9 Å². The molecule has 0 aromatic rings. The molecule has 0 unspecified atom stereocenters. The van der Waals surface area contributed by atoms with Crippen molar-refractivity contribution in [1.82, 2.24) is 20.6 Å². The van der Waals surface area contributed by atoms with Gasteiger partial charge in [0.2, 0.25) is 5.91 Å². The molecule has 0 saturated carbocycles. The van der Waals surface area contributed by atoms with Crippen molar-refractivity contribution in [2.75, 3.05) is 46.6 Å². The highest BCUT2D eigenvalue weighted by atomic mass is 32.3. The fourth-order valence-corrected chi connectivity index (χ4v) is 4.94. The Morgan fingerprint density at radius 3 is 2.53 bits per heavy atom. The maximum absolute atomic E-state index is 12.9. The number of rotatable bonds is 11. The Hall–Kier alpha value is -2.00. The molecular formula is C20H34N4O9S. The first-order valence-corrected chi connectivity index (χ1v) is 12.7. The summed E-state index contributed by atoms with van der Waals surface area (Å²) in [6.07, 6.45) is 2.43. The predicted octanol–water partition coefficient (Wildman–Crippen LogP) is -0.468. The summed E-state index contributed by atoms with van der Waals surface area (Å²) in [5.41, 5.74) is -1.28. The standard InChI is InChI=1S/C20H34N4O9S/c1-20(2,18(26)31-11-10-30-3)13-32-34(28,29)33-24-15-4-5-16(23(12-15)19(24)27)17(25)22-14-6-8-21-9-7-14/h14-16,21H,4-13H2,1-3H3,(H,22,25)/t15-,16+/m1/s1. The normalized spacial score (nSPS) is 23.8. The van der Waals surface area contributed by atoms with E-state index in [9.17, 15) is 22.8 Å². The van der Waals surface area contributed by atoms with Crippen LogP contribution in [0.5, 0.6) is 0 Å². The van der Waals surface area contributed by atoms with Crippen molar-refractivity contribution in [3.8, 4) is 0 Å². The van der Waals surface area contributed by atoms with Crippen LogP contribution in [-0.4, -0.2) is 101 Å². The molecule has 14 heteroatoms. The smallest absolute Gasteiger partial charge is 0.421 e. The number of carbonyl (C=O) groups excluding carboxylic acids is 3. The van der Waals surface area contributed by atoms with Crippen molar-refractivity contribution >= 4 is 28.3 Å². The lowest BCUT2D eigenvalue weighted by atomic mass is 9.95. The van der Waals surface area contributed by atoms with Crippen molar-refractivity contribution in [2.24, 2.45) is 5.41 Å². The zero-order chi connectivity index (χ0) is 24.9. The molecular weight excluding hydrogens is 472 g/mol. The summed E-state index contributed by atoms with van der Waals surface area (Å²) in [7, 11) is -3.19. The number of fused-ring (bicyclic) bond motifs is 2. The van der Waals surface area contributed by atoms with Crippen LogP contribution in [-0.2, 0) is 37.9 Å². The molecule has 3 amide bonds. The number of ether oxygens (including phenoxy) is 2. The topological polar surface area (TPSA) is 153 Å². The van der Waals surface area contributed by atoms with Crippen LogP contribution in [0.3, 0.4) is 0 Å². The maximum Gasteiger partial charge on any atom is 0.421 e. The molecule has 2 bridgehead atoms. The second-order valence-corrected chi connectivity index (χ2v) is 10.5. The number of methoxy groups -OCH3 is 1. The molecule has 13 nitrogen and oxygen atoms in total. The number of nitrogens with zero attached hydrogens (tertiary/aromatic N) is 2. The minimum absolute atomic E-state index is 0.0220. The summed E-state index contributed by atoms with van der Waals surface area (Å²) in [5.74, 6) is -0.907. The first-order chi connectivity index (χ1) is 16.0. The number of urea groups is 1. The van der Waals surface area contributed by atoms with Gasteiger partial charge >= 0.3 is 22.4 Å². The number of esters is 1. The van der Waals surface area contributed by atoms with Gasteiger partial charge < -0.3 is 25.0 Å².